The molecule has 0 aromatic heterocycles. The van der Waals surface area contributed by atoms with Gasteiger partial charge in [0, 0.05) is 34.6 Å². The summed E-state index contributed by atoms with van der Waals surface area (Å²) in [5.41, 5.74) is 1.52. The average Bonchev–Trinajstić information content (AvgIpc) is 2.99. The van der Waals surface area contributed by atoms with Crippen molar-refractivity contribution in [2.75, 3.05) is 24.2 Å². The molecule has 1 saturated carbocycles. The van der Waals surface area contributed by atoms with E-state index in [1.165, 1.54) is 12.0 Å². The Balaban J connectivity index is 1.77. The molecular formula is C32H37Cl2N3O5S. The lowest BCUT2D eigenvalue weighted by Gasteiger charge is -2.35. The zero-order chi connectivity index (χ0) is 31.0. The lowest BCUT2D eigenvalue weighted by molar-refractivity contribution is -0.140. The van der Waals surface area contributed by atoms with Crippen LogP contribution in [-0.4, -0.2) is 57.1 Å². The molecule has 2 amide bonds. The molecule has 1 atom stereocenters. The predicted octanol–water partition coefficient (Wildman–Crippen LogP) is 5.86. The fraction of sp³-hybridized carbons (Fsp3) is 0.375. The van der Waals surface area contributed by atoms with Gasteiger partial charge in [0.15, 0.2) is 0 Å². The Morgan fingerprint density at radius 2 is 1.56 bits per heavy atom. The Labute approximate surface area is 264 Å². The van der Waals surface area contributed by atoms with Crippen LogP contribution in [0.2, 0.25) is 10.0 Å². The molecule has 3 aromatic rings. The molecule has 1 unspecified atom stereocenters. The second kappa shape index (κ2) is 14.9. The van der Waals surface area contributed by atoms with Gasteiger partial charge in [0.1, 0.15) is 18.3 Å². The summed E-state index contributed by atoms with van der Waals surface area (Å²) >= 11 is 13.1. The number of amides is 2. The lowest BCUT2D eigenvalue weighted by Crippen LogP contribution is -2.55. The van der Waals surface area contributed by atoms with Crippen molar-refractivity contribution < 1.29 is 22.7 Å². The number of ether oxygens (including phenoxy) is 1. The quantitative estimate of drug-likeness (QED) is 0.266. The highest BCUT2D eigenvalue weighted by molar-refractivity contribution is 7.92. The third-order valence-corrected chi connectivity index (χ3v) is 9.48. The van der Waals surface area contributed by atoms with E-state index < -0.39 is 28.5 Å². The molecule has 11 heteroatoms. The van der Waals surface area contributed by atoms with Gasteiger partial charge >= 0.3 is 0 Å². The molecule has 1 aliphatic rings. The number of sulfonamides is 1. The number of halogens is 2. The Kier molecular flexibility index (Phi) is 11.3. The van der Waals surface area contributed by atoms with Crippen LogP contribution in [0.3, 0.4) is 0 Å². The van der Waals surface area contributed by atoms with Gasteiger partial charge in [0.25, 0.3) is 0 Å². The first-order chi connectivity index (χ1) is 20.6. The second-order valence-electron chi connectivity index (χ2n) is 10.7. The van der Waals surface area contributed by atoms with Gasteiger partial charge in [-0.05, 0) is 42.7 Å². The standard InChI is InChI=1S/C32H37Cl2N3O5S/c1-42-30-19-10-9-18-28(30)37(43(2,40)41)22-31(38)36(21-25-26(33)16-11-17-27(25)34)29(20-23-12-5-3-6-13-23)32(39)35-24-14-7-4-8-15-24/h3,5-6,9-13,16-19,24,29H,4,7-8,14-15,20-22H2,1-2H3,(H,35,39). The van der Waals surface area contributed by atoms with E-state index in [0.717, 1.165) is 48.2 Å². The topological polar surface area (TPSA) is 96.0 Å². The molecule has 43 heavy (non-hydrogen) atoms. The Morgan fingerprint density at radius 1 is 0.930 bits per heavy atom. The van der Waals surface area contributed by atoms with Crippen molar-refractivity contribution in [1.29, 1.82) is 0 Å². The number of carbonyl (C=O) groups excluding carboxylic acids is 2. The van der Waals surface area contributed by atoms with Gasteiger partial charge in [-0.2, -0.15) is 0 Å². The number of methoxy groups -OCH3 is 1. The van der Waals surface area contributed by atoms with Crippen LogP contribution in [0.25, 0.3) is 0 Å². The van der Waals surface area contributed by atoms with E-state index in [2.05, 4.69) is 5.32 Å². The van der Waals surface area contributed by atoms with Crippen LogP contribution in [0.15, 0.2) is 72.8 Å². The van der Waals surface area contributed by atoms with E-state index in [-0.39, 0.29) is 36.4 Å². The van der Waals surface area contributed by atoms with Crippen LogP contribution in [0.5, 0.6) is 5.75 Å². The second-order valence-corrected chi connectivity index (χ2v) is 13.4. The fourth-order valence-electron chi connectivity index (χ4n) is 5.38. The van der Waals surface area contributed by atoms with Gasteiger partial charge in [-0.1, -0.05) is 91.0 Å². The minimum atomic E-state index is -3.94. The summed E-state index contributed by atoms with van der Waals surface area (Å²) in [5, 5.41) is 3.84. The number of hydrogen-bond donors (Lipinski definition) is 1. The molecule has 1 N–H and O–H groups in total. The maximum Gasteiger partial charge on any atom is 0.244 e. The Hall–Kier alpha value is -3.27. The molecule has 0 radical (unpaired) electrons. The van der Waals surface area contributed by atoms with Crippen molar-refractivity contribution in [3.05, 3.63) is 94.0 Å². The molecule has 1 aliphatic carbocycles. The van der Waals surface area contributed by atoms with Crippen LogP contribution in [-0.2, 0) is 32.6 Å². The van der Waals surface area contributed by atoms with E-state index >= 15 is 0 Å². The molecule has 0 bridgehead atoms. The Morgan fingerprint density at radius 3 is 2.19 bits per heavy atom. The summed E-state index contributed by atoms with van der Waals surface area (Å²) < 4.78 is 32.5. The first-order valence-corrected chi connectivity index (χ1v) is 16.9. The van der Waals surface area contributed by atoms with E-state index in [9.17, 15) is 18.0 Å². The number of nitrogens with zero attached hydrogens (tertiary/aromatic N) is 2. The van der Waals surface area contributed by atoms with Crippen molar-refractivity contribution >= 4 is 50.7 Å². The van der Waals surface area contributed by atoms with E-state index in [4.69, 9.17) is 27.9 Å². The molecule has 3 aromatic carbocycles. The number of para-hydroxylation sites is 2. The van der Waals surface area contributed by atoms with Gasteiger partial charge in [-0.25, -0.2) is 8.42 Å². The van der Waals surface area contributed by atoms with Crippen LogP contribution in [0, 0.1) is 0 Å². The summed E-state index contributed by atoms with van der Waals surface area (Å²) in [6, 6.07) is 20.0. The monoisotopic (exact) mass is 645 g/mol. The average molecular weight is 647 g/mol. The number of rotatable bonds is 12. The van der Waals surface area contributed by atoms with Crippen molar-refractivity contribution in [1.82, 2.24) is 10.2 Å². The zero-order valence-corrected chi connectivity index (χ0v) is 26.7. The molecule has 0 spiro atoms. The van der Waals surface area contributed by atoms with Crippen LogP contribution in [0.4, 0.5) is 5.69 Å². The number of nitrogens with one attached hydrogen (secondary N) is 1. The molecule has 0 saturated heterocycles. The molecule has 8 nitrogen and oxygen atoms in total. The maximum absolute atomic E-state index is 14.3. The number of hydrogen-bond acceptors (Lipinski definition) is 5. The van der Waals surface area contributed by atoms with E-state index in [1.807, 2.05) is 30.3 Å². The molecular weight excluding hydrogens is 609 g/mol. The predicted molar refractivity (Wildman–Crippen MR) is 171 cm³/mol. The molecule has 1 fully saturated rings. The van der Waals surface area contributed by atoms with Gasteiger partial charge in [0.05, 0.1) is 19.1 Å². The lowest BCUT2D eigenvalue weighted by atomic mass is 9.94. The summed E-state index contributed by atoms with van der Waals surface area (Å²) in [7, 11) is -2.51. The number of anilines is 1. The highest BCUT2D eigenvalue weighted by Crippen LogP contribution is 2.31. The minimum Gasteiger partial charge on any atom is -0.495 e. The Bertz CT molecular complexity index is 1490. The van der Waals surface area contributed by atoms with Crippen molar-refractivity contribution in [3.63, 3.8) is 0 Å². The highest BCUT2D eigenvalue weighted by Gasteiger charge is 2.35. The largest absolute Gasteiger partial charge is 0.495 e. The van der Waals surface area contributed by atoms with E-state index in [1.54, 1.807) is 42.5 Å². The van der Waals surface area contributed by atoms with Crippen LogP contribution in [0.1, 0.15) is 43.2 Å². The van der Waals surface area contributed by atoms with Crippen LogP contribution < -0.4 is 14.4 Å². The minimum absolute atomic E-state index is 0.00137. The van der Waals surface area contributed by atoms with Gasteiger partial charge < -0.3 is 15.0 Å². The number of benzene rings is 3. The summed E-state index contributed by atoms with van der Waals surface area (Å²) in [5.74, 6) is -0.611. The van der Waals surface area contributed by atoms with E-state index in [0.29, 0.717) is 15.6 Å². The van der Waals surface area contributed by atoms with Gasteiger partial charge in [-0.15, -0.1) is 0 Å². The summed E-state index contributed by atoms with van der Waals surface area (Å²) in [6.45, 7) is -0.667. The van der Waals surface area contributed by atoms with Gasteiger partial charge in [0.2, 0.25) is 21.8 Å². The SMILES string of the molecule is COc1ccccc1N(CC(=O)N(Cc1c(Cl)cccc1Cl)C(Cc1ccccc1)C(=O)NC1CCCCC1)S(C)(=O)=O. The highest BCUT2D eigenvalue weighted by atomic mass is 35.5. The zero-order valence-electron chi connectivity index (χ0n) is 24.3. The third kappa shape index (κ3) is 8.65. The molecule has 4 rings (SSSR count). The normalized spacial score (nSPS) is 14.5. The smallest absolute Gasteiger partial charge is 0.244 e. The van der Waals surface area contributed by atoms with Crippen molar-refractivity contribution in [2.24, 2.45) is 0 Å². The molecule has 0 heterocycles. The molecule has 0 aliphatic heterocycles. The van der Waals surface area contributed by atoms with Crippen molar-refractivity contribution in [3.8, 4) is 5.75 Å². The number of carbonyl (C=O) groups is 2. The van der Waals surface area contributed by atoms with Gasteiger partial charge in [-0.3, -0.25) is 13.9 Å². The fourth-order valence-corrected chi connectivity index (χ4v) is 6.75. The summed E-state index contributed by atoms with van der Waals surface area (Å²) in [6.07, 6.45) is 6.13. The van der Waals surface area contributed by atoms with Crippen LogP contribution >= 0.6 is 23.2 Å². The summed E-state index contributed by atoms with van der Waals surface area (Å²) in [4.78, 5) is 29.8. The first kappa shape index (κ1) is 32.6. The first-order valence-electron chi connectivity index (χ1n) is 14.3. The molecule has 230 valence electrons. The maximum atomic E-state index is 14.3. The third-order valence-electron chi connectivity index (χ3n) is 7.65. The van der Waals surface area contributed by atoms with Crippen molar-refractivity contribution in [2.45, 2.75) is 57.2 Å².